The molecule has 0 bridgehead atoms. The molecule has 0 amide bonds. The minimum atomic E-state index is -2.06. The third kappa shape index (κ3) is 4.70. The van der Waals surface area contributed by atoms with E-state index in [2.05, 4.69) is 4.98 Å². The molecule has 0 aliphatic heterocycles. The molecule has 1 aromatic heterocycles. The van der Waals surface area contributed by atoms with E-state index in [-0.39, 0.29) is 19.4 Å². The molecule has 7 heteroatoms. The maximum Gasteiger partial charge on any atom is 0.195 e. The number of pyridine rings is 1. The Morgan fingerprint density at radius 2 is 2.07 bits per heavy atom. The molecule has 2 atom stereocenters. The summed E-state index contributed by atoms with van der Waals surface area (Å²) in [6.07, 6.45) is 2.66. The van der Waals surface area contributed by atoms with Crippen LogP contribution in [-0.2, 0) is 22.3 Å². The average molecular weight is 453 g/mol. The molecule has 4 nitrogen and oxygen atoms in total. The third-order valence-corrected chi connectivity index (χ3v) is 6.59. The van der Waals surface area contributed by atoms with Gasteiger partial charge in [-0.05, 0) is 50.1 Å². The summed E-state index contributed by atoms with van der Waals surface area (Å²) < 4.78 is 16.2. The molecule has 1 heterocycles. The predicted molar refractivity (Wildman–Crippen MR) is 118 cm³/mol. The van der Waals surface area contributed by atoms with Crippen LogP contribution in [-0.4, -0.2) is 47.5 Å². The summed E-state index contributed by atoms with van der Waals surface area (Å²) in [5.41, 5.74) is -0.687. The maximum absolute atomic E-state index is 16.2. The maximum atomic E-state index is 16.2. The number of hydrogen-bond acceptors (Lipinski definition) is 4. The van der Waals surface area contributed by atoms with Crippen molar-refractivity contribution in [1.82, 2.24) is 9.88 Å². The Balaban J connectivity index is 1.83. The van der Waals surface area contributed by atoms with E-state index < -0.39 is 16.9 Å². The summed E-state index contributed by atoms with van der Waals surface area (Å²) in [6, 6.07) is 8.47. The van der Waals surface area contributed by atoms with Crippen molar-refractivity contribution < 1.29 is 14.3 Å². The first-order valence-corrected chi connectivity index (χ1v) is 10.9. The number of hydrogen-bond donors (Lipinski definition) is 1. The van der Waals surface area contributed by atoms with Crippen LogP contribution in [0.1, 0.15) is 43.0 Å². The van der Waals surface area contributed by atoms with Crippen molar-refractivity contribution in [2.75, 3.05) is 26.7 Å². The Bertz CT molecular complexity index is 926. The second-order valence-electron chi connectivity index (χ2n) is 8.38. The molecule has 3 rings (SSSR count). The van der Waals surface area contributed by atoms with E-state index in [1.807, 2.05) is 18.9 Å². The summed E-state index contributed by atoms with van der Waals surface area (Å²) in [5.74, 6) is -0.450. The Hall–Kier alpha value is -1.53. The zero-order chi connectivity index (χ0) is 21.9. The number of aryl methyl sites for hydroxylation is 1. The normalized spacial score (nSPS) is 23.4. The fourth-order valence-electron chi connectivity index (χ4n) is 4.37. The van der Waals surface area contributed by atoms with E-state index >= 15 is 4.39 Å². The number of aliphatic hydroxyl groups is 1. The van der Waals surface area contributed by atoms with Crippen molar-refractivity contribution in [3.63, 3.8) is 0 Å². The van der Waals surface area contributed by atoms with Crippen LogP contribution < -0.4 is 0 Å². The van der Waals surface area contributed by atoms with Gasteiger partial charge in [-0.3, -0.25) is 9.78 Å². The van der Waals surface area contributed by atoms with Crippen molar-refractivity contribution in [3.8, 4) is 0 Å². The van der Waals surface area contributed by atoms with Crippen LogP contribution in [0.2, 0.25) is 10.0 Å². The lowest BCUT2D eigenvalue weighted by atomic mass is 9.67. The molecule has 1 aliphatic rings. The summed E-state index contributed by atoms with van der Waals surface area (Å²) in [7, 11) is 1.92. The van der Waals surface area contributed by atoms with E-state index in [4.69, 9.17) is 23.2 Å². The second-order valence-corrected chi connectivity index (χ2v) is 9.23. The smallest absolute Gasteiger partial charge is 0.195 e. The zero-order valence-electron chi connectivity index (χ0n) is 17.3. The highest BCUT2D eigenvalue weighted by Crippen LogP contribution is 2.47. The quantitative estimate of drug-likeness (QED) is 0.628. The minimum Gasteiger partial charge on any atom is -0.395 e. The lowest BCUT2D eigenvalue weighted by molar-refractivity contribution is -0.132. The highest BCUT2D eigenvalue weighted by atomic mass is 35.5. The lowest BCUT2D eigenvalue weighted by Gasteiger charge is -2.42. The largest absolute Gasteiger partial charge is 0.395 e. The summed E-state index contributed by atoms with van der Waals surface area (Å²) in [6.45, 7) is 3.26. The van der Waals surface area contributed by atoms with Gasteiger partial charge in [-0.2, -0.15) is 0 Å². The number of nitrogens with zero attached hydrogens (tertiary/aromatic N) is 2. The van der Waals surface area contributed by atoms with Crippen molar-refractivity contribution in [2.45, 2.75) is 43.7 Å². The topological polar surface area (TPSA) is 53.4 Å². The van der Waals surface area contributed by atoms with Gasteiger partial charge in [0.2, 0.25) is 0 Å². The van der Waals surface area contributed by atoms with Gasteiger partial charge < -0.3 is 10.0 Å². The summed E-state index contributed by atoms with van der Waals surface area (Å²) in [5, 5.41) is 10.2. The van der Waals surface area contributed by atoms with Crippen LogP contribution in [0.3, 0.4) is 0 Å². The number of aliphatic hydroxyl groups excluding tert-OH is 1. The van der Waals surface area contributed by atoms with Gasteiger partial charge in [-0.1, -0.05) is 42.3 Å². The van der Waals surface area contributed by atoms with Crippen molar-refractivity contribution in [2.24, 2.45) is 0 Å². The number of carbonyl (C=O) groups is 1. The van der Waals surface area contributed by atoms with E-state index in [9.17, 15) is 9.90 Å². The number of alkyl halides is 1. The van der Waals surface area contributed by atoms with Crippen LogP contribution in [0.5, 0.6) is 0 Å². The molecule has 162 valence electrons. The van der Waals surface area contributed by atoms with Crippen LogP contribution >= 0.6 is 23.2 Å². The van der Waals surface area contributed by atoms with Gasteiger partial charge in [0.25, 0.3) is 0 Å². The van der Waals surface area contributed by atoms with E-state index in [1.54, 1.807) is 36.5 Å². The highest BCUT2D eigenvalue weighted by molar-refractivity contribution is 6.35. The van der Waals surface area contributed by atoms with Gasteiger partial charge in [0.05, 0.1) is 12.3 Å². The standard InChI is InChI=1S/C23H27Cl2FN2O2/c1-22(15-28(2)12-13-29)9-10-23(26,18-4-3-11-27-21(18)22)20(30)8-6-16-5-7-17(24)14-19(16)25/h3-5,7,11,14,29H,6,8-10,12-13,15H2,1-2H3/t22-,23-/m1/s1. The fourth-order valence-corrected chi connectivity index (χ4v) is 4.87. The Morgan fingerprint density at radius 3 is 2.77 bits per heavy atom. The molecule has 0 radical (unpaired) electrons. The number of rotatable bonds is 8. The molecule has 1 aromatic carbocycles. The number of benzene rings is 1. The molecule has 0 fully saturated rings. The van der Waals surface area contributed by atoms with Crippen LogP contribution in [0, 0.1) is 0 Å². The van der Waals surface area contributed by atoms with Crippen LogP contribution in [0.15, 0.2) is 36.5 Å². The van der Waals surface area contributed by atoms with Gasteiger partial charge in [0.1, 0.15) is 0 Å². The van der Waals surface area contributed by atoms with Gasteiger partial charge in [0.15, 0.2) is 11.5 Å². The Labute approximate surface area is 187 Å². The lowest BCUT2D eigenvalue weighted by Crippen LogP contribution is -2.47. The number of carbonyl (C=O) groups excluding carboxylic acids is 1. The molecule has 1 aliphatic carbocycles. The van der Waals surface area contributed by atoms with Crippen molar-refractivity contribution >= 4 is 29.0 Å². The number of likely N-dealkylation sites (N-methyl/N-ethyl adjacent to an activating group) is 1. The second kappa shape index (κ2) is 9.31. The number of aromatic nitrogens is 1. The highest BCUT2D eigenvalue weighted by Gasteiger charge is 2.50. The Morgan fingerprint density at radius 1 is 1.30 bits per heavy atom. The van der Waals surface area contributed by atoms with E-state index in [1.165, 1.54) is 0 Å². The molecule has 30 heavy (non-hydrogen) atoms. The first-order chi connectivity index (χ1) is 14.2. The summed E-state index contributed by atoms with van der Waals surface area (Å²) >= 11 is 12.1. The third-order valence-electron chi connectivity index (χ3n) is 6.01. The molecule has 0 unspecified atom stereocenters. The molecule has 1 N–H and O–H groups in total. The minimum absolute atomic E-state index is 0.0489. The van der Waals surface area contributed by atoms with E-state index in [0.717, 1.165) is 5.56 Å². The monoisotopic (exact) mass is 452 g/mol. The van der Waals surface area contributed by atoms with Gasteiger partial charge in [-0.15, -0.1) is 0 Å². The molecule has 0 saturated heterocycles. The molecule has 0 spiro atoms. The number of Topliss-reactive ketones (excluding diaryl/α,β-unsaturated/α-hetero) is 1. The first-order valence-electron chi connectivity index (χ1n) is 10.1. The fraction of sp³-hybridized carbons (Fsp3) is 0.478. The van der Waals surface area contributed by atoms with Crippen LogP contribution in [0.25, 0.3) is 0 Å². The SMILES string of the molecule is CN(CCO)C[C@@]1(C)CC[C@](F)(C(=O)CCc2ccc(Cl)cc2Cl)c2cccnc21. The van der Waals surface area contributed by atoms with Crippen molar-refractivity contribution in [3.05, 3.63) is 63.4 Å². The molecular formula is C23H27Cl2FN2O2. The first kappa shape index (κ1) is 23.1. The average Bonchev–Trinajstić information content (AvgIpc) is 2.70. The molecule has 2 aromatic rings. The molecule has 0 saturated carbocycles. The number of fused-ring (bicyclic) bond motifs is 1. The van der Waals surface area contributed by atoms with Gasteiger partial charge >= 0.3 is 0 Å². The van der Waals surface area contributed by atoms with E-state index in [0.29, 0.717) is 47.2 Å². The van der Waals surface area contributed by atoms with Gasteiger partial charge in [-0.25, -0.2) is 4.39 Å². The summed E-state index contributed by atoms with van der Waals surface area (Å²) in [4.78, 5) is 19.6. The number of halogens is 3. The predicted octanol–water partition coefficient (Wildman–Crippen LogP) is 4.73. The van der Waals surface area contributed by atoms with Crippen LogP contribution in [0.4, 0.5) is 4.39 Å². The van der Waals surface area contributed by atoms with Gasteiger partial charge in [0, 0.05) is 46.7 Å². The molecular weight excluding hydrogens is 426 g/mol. The Kier molecular flexibility index (Phi) is 7.18. The zero-order valence-corrected chi connectivity index (χ0v) is 18.8. The van der Waals surface area contributed by atoms with Crippen molar-refractivity contribution in [1.29, 1.82) is 0 Å². The number of ketones is 1.